The number of halogens is 1. The molecule has 1 aromatic carbocycles. The predicted octanol–water partition coefficient (Wildman–Crippen LogP) is 1.88. The summed E-state index contributed by atoms with van der Waals surface area (Å²) in [5.41, 5.74) is 0.788. The molecule has 1 aliphatic heterocycles. The zero-order chi connectivity index (χ0) is 10.8. The molecule has 1 aliphatic rings. The van der Waals surface area contributed by atoms with Crippen LogP contribution in [0.5, 0.6) is 5.75 Å². The van der Waals surface area contributed by atoms with Gasteiger partial charge in [-0.25, -0.2) is 4.79 Å². The molecule has 4 nitrogen and oxygen atoms in total. The van der Waals surface area contributed by atoms with E-state index in [0.29, 0.717) is 23.9 Å². The van der Waals surface area contributed by atoms with Crippen LogP contribution in [0.2, 0.25) is 5.02 Å². The maximum absolute atomic E-state index is 11.4. The second-order valence-electron chi connectivity index (χ2n) is 3.20. The quantitative estimate of drug-likeness (QED) is 0.837. The third-order valence-corrected chi connectivity index (χ3v) is 2.60. The van der Waals surface area contributed by atoms with Crippen molar-refractivity contribution in [2.24, 2.45) is 0 Å². The minimum Gasteiger partial charge on any atom is -0.495 e. The number of anilines is 1. The standard InChI is InChI=1S/C10H11ClN2O2/c1-15-9-3-2-7(6-8(9)11)13-5-4-12-10(13)14/h2-3,6H,4-5H2,1H3,(H,12,14). The highest BCUT2D eigenvalue weighted by atomic mass is 35.5. The number of amides is 2. The highest BCUT2D eigenvalue weighted by Gasteiger charge is 2.21. The van der Waals surface area contributed by atoms with Crippen molar-refractivity contribution in [2.75, 3.05) is 25.1 Å². The van der Waals surface area contributed by atoms with Crippen LogP contribution >= 0.6 is 11.6 Å². The normalized spacial score (nSPS) is 15.3. The Balaban J connectivity index is 2.29. The van der Waals surface area contributed by atoms with Crippen LogP contribution in [0, 0.1) is 0 Å². The molecule has 0 atom stereocenters. The molecule has 1 fully saturated rings. The molecule has 0 aromatic heterocycles. The van der Waals surface area contributed by atoms with Crippen molar-refractivity contribution in [1.82, 2.24) is 5.32 Å². The number of ether oxygens (including phenoxy) is 1. The fourth-order valence-corrected chi connectivity index (χ4v) is 1.79. The number of methoxy groups -OCH3 is 1. The summed E-state index contributed by atoms with van der Waals surface area (Å²) in [6.07, 6.45) is 0. The molecule has 2 rings (SSSR count). The Morgan fingerprint density at radius 1 is 1.53 bits per heavy atom. The highest BCUT2D eigenvalue weighted by molar-refractivity contribution is 6.32. The first kappa shape index (κ1) is 10.1. The van der Waals surface area contributed by atoms with E-state index in [1.165, 1.54) is 0 Å². The van der Waals surface area contributed by atoms with Gasteiger partial charge in [0.15, 0.2) is 0 Å². The van der Waals surface area contributed by atoms with Crippen molar-refractivity contribution < 1.29 is 9.53 Å². The first-order valence-corrected chi connectivity index (χ1v) is 4.99. The van der Waals surface area contributed by atoms with E-state index in [9.17, 15) is 4.79 Å². The van der Waals surface area contributed by atoms with E-state index in [0.717, 1.165) is 5.69 Å². The van der Waals surface area contributed by atoms with Gasteiger partial charge in [-0.2, -0.15) is 0 Å². The summed E-state index contributed by atoms with van der Waals surface area (Å²) in [7, 11) is 1.56. The molecule has 0 radical (unpaired) electrons. The predicted molar refractivity (Wildman–Crippen MR) is 58.7 cm³/mol. The van der Waals surface area contributed by atoms with Gasteiger partial charge in [-0.05, 0) is 18.2 Å². The van der Waals surface area contributed by atoms with Crippen molar-refractivity contribution in [2.45, 2.75) is 0 Å². The summed E-state index contributed by atoms with van der Waals surface area (Å²) in [5, 5.41) is 3.24. The Kier molecular flexibility index (Phi) is 2.68. The second kappa shape index (κ2) is 3.98. The van der Waals surface area contributed by atoms with Gasteiger partial charge in [0.2, 0.25) is 0 Å². The number of benzene rings is 1. The van der Waals surface area contributed by atoms with E-state index in [2.05, 4.69) is 5.32 Å². The fraction of sp³-hybridized carbons (Fsp3) is 0.300. The molecule has 1 saturated heterocycles. The van der Waals surface area contributed by atoms with Crippen molar-refractivity contribution in [1.29, 1.82) is 0 Å². The summed E-state index contributed by atoms with van der Waals surface area (Å²) in [6.45, 7) is 1.34. The molecule has 5 heteroatoms. The van der Waals surface area contributed by atoms with Gasteiger partial charge in [0.05, 0.1) is 12.1 Å². The molecule has 1 aromatic rings. The Morgan fingerprint density at radius 3 is 2.87 bits per heavy atom. The van der Waals surface area contributed by atoms with Gasteiger partial charge in [0.1, 0.15) is 5.75 Å². The molecular formula is C10H11ClN2O2. The third kappa shape index (κ3) is 1.85. The average molecular weight is 227 g/mol. The van der Waals surface area contributed by atoms with Crippen molar-refractivity contribution in [3.63, 3.8) is 0 Å². The van der Waals surface area contributed by atoms with Gasteiger partial charge < -0.3 is 10.1 Å². The van der Waals surface area contributed by atoms with E-state index in [4.69, 9.17) is 16.3 Å². The monoisotopic (exact) mass is 226 g/mol. The lowest BCUT2D eigenvalue weighted by Crippen LogP contribution is -2.27. The van der Waals surface area contributed by atoms with Crippen LogP contribution in [-0.2, 0) is 0 Å². The van der Waals surface area contributed by atoms with Crippen molar-refractivity contribution in [3.8, 4) is 5.75 Å². The molecule has 0 spiro atoms. The Hall–Kier alpha value is -1.42. The number of nitrogens with zero attached hydrogens (tertiary/aromatic N) is 1. The van der Waals surface area contributed by atoms with Crippen LogP contribution in [0.4, 0.5) is 10.5 Å². The number of carbonyl (C=O) groups excluding carboxylic acids is 1. The minimum absolute atomic E-state index is 0.0868. The third-order valence-electron chi connectivity index (χ3n) is 2.30. The maximum atomic E-state index is 11.4. The molecule has 0 aliphatic carbocycles. The van der Waals surface area contributed by atoms with E-state index in [1.54, 1.807) is 24.1 Å². The number of urea groups is 1. The lowest BCUT2D eigenvalue weighted by atomic mass is 10.3. The molecule has 15 heavy (non-hydrogen) atoms. The number of rotatable bonds is 2. The first-order chi connectivity index (χ1) is 7.22. The molecule has 0 bridgehead atoms. The van der Waals surface area contributed by atoms with Crippen molar-refractivity contribution in [3.05, 3.63) is 23.2 Å². The van der Waals surface area contributed by atoms with E-state index >= 15 is 0 Å². The van der Waals surface area contributed by atoms with E-state index in [1.807, 2.05) is 6.07 Å². The van der Waals surface area contributed by atoms with Gasteiger partial charge in [-0.1, -0.05) is 11.6 Å². The molecule has 80 valence electrons. The van der Waals surface area contributed by atoms with Crippen LogP contribution in [-0.4, -0.2) is 26.2 Å². The molecule has 1 N–H and O–H groups in total. The number of carbonyl (C=O) groups is 1. The topological polar surface area (TPSA) is 41.6 Å². The SMILES string of the molecule is COc1ccc(N2CCNC2=O)cc1Cl. The molecular weight excluding hydrogens is 216 g/mol. The number of hydrogen-bond donors (Lipinski definition) is 1. The lowest BCUT2D eigenvalue weighted by molar-refractivity contribution is 0.252. The average Bonchev–Trinajstić information content (AvgIpc) is 2.64. The van der Waals surface area contributed by atoms with Crippen LogP contribution in [0.15, 0.2) is 18.2 Å². The summed E-state index contributed by atoms with van der Waals surface area (Å²) < 4.78 is 5.04. The summed E-state index contributed by atoms with van der Waals surface area (Å²) in [5.74, 6) is 0.611. The lowest BCUT2D eigenvalue weighted by Gasteiger charge is -2.15. The van der Waals surface area contributed by atoms with Gasteiger partial charge >= 0.3 is 6.03 Å². The largest absolute Gasteiger partial charge is 0.495 e. The summed E-state index contributed by atoms with van der Waals surface area (Å²) >= 11 is 5.97. The zero-order valence-corrected chi connectivity index (χ0v) is 9.04. The Morgan fingerprint density at radius 2 is 2.33 bits per heavy atom. The highest BCUT2D eigenvalue weighted by Crippen LogP contribution is 2.29. The van der Waals surface area contributed by atoms with Gasteiger partial charge in [-0.15, -0.1) is 0 Å². The number of nitrogens with one attached hydrogen (secondary N) is 1. The van der Waals surface area contributed by atoms with Gasteiger partial charge in [0, 0.05) is 18.8 Å². The van der Waals surface area contributed by atoms with Gasteiger partial charge in [0.25, 0.3) is 0 Å². The van der Waals surface area contributed by atoms with Gasteiger partial charge in [-0.3, -0.25) is 4.90 Å². The van der Waals surface area contributed by atoms with Crippen molar-refractivity contribution >= 4 is 23.3 Å². The second-order valence-corrected chi connectivity index (χ2v) is 3.61. The molecule has 0 unspecified atom stereocenters. The summed E-state index contributed by atoms with van der Waals surface area (Å²) in [6, 6.07) is 5.21. The van der Waals surface area contributed by atoms with E-state index in [-0.39, 0.29) is 6.03 Å². The Bertz CT molecular complexity index is 395. The molecule has 2 amide bonds. The molecule has 1 heterocycles. The summed E-state index contributed by atoms with van der Waals surface area (Å²) in [4.78, 5) is 13.0. The minimum atomic E-state index is -0.0868. The van der Waals surface area contributed by atoms with Crippen LogP contribution < -0.4 is 15.0 Å². The van der Waals surface area contributed by atoms with Crippen LogP contribution in [0.25, 0.3) is 0 Å². The zero-order valence-electron chi connectivity index (χ0n) is 8.29. The smallest absolute Gasteiger partial charge is 0.321 e. The number of hydrogen-bond acceptors (Lipinski definition) is 2. The fourth-order valence-electron chi connectivity index (χ4n) is 1.54. The first-order valence-electron chi connectivity index (χ1n) is 4.61. The maximum Gasteiger partial charge on any atom is 0.321 e. The van der Waals surface area contributed by atoms with E-state index < -0.39 is 0 Å². The molecule has 0 saturated carbocycles. The Labute approximate surface area is 92.8 Å². The van der Waals surface area contributed by atoms with Crippen LogP contribution in [0.3, 0.4) is 0 Å². The van der Waals surface area contributed by atoms with Crippen LogP contribution in [0.1, 0.15) is 0 Å².